The summed E-state index contributed by atoms with van der Waals surface area (Å²) in [6.07, 6.45) is 0. The number of aromatic nitrogens is 1. The molecule has 1 heterocycles. The molecule has 0 amide bonds. The third-order valence-corrected chi connectivity index (χ3v) is 4.44. The van der Waals surface area contributed by atoms with Gasteiger partial charge in [-0.1, -0.05) is 46.4 Å². The highest BCUT2D eigenvalue weighted by Gasteiger charge is 2.07. The largest absolute Gasteiger partial charge is 0.239 e. The molecular formula is C12H7Cl4NS. The monoisotopic (exact) mass is 337 g/mol. The molecule has 94 valence electrons. The van der Waals surface area contributed by atoms with E-state index in [1.807, 2.05) is 6.07 Å². The molecule has 1 nitrogen and oxygen atoms in total. The number of benzene rings is 1. The van der Waals surface area contributed by atoms with Gasteiger partial charge in [-0.2, -0.15) is 0 Å². The molecule has 0 aliphatic heterocycles. The average molecular weight is 339 g/mol. The van der Waals surface area contributed by atoms with Crippen molar-refractivity contribution in [2.75, 3.05) is 0 Å². The van der Waals surface area contributed by atoms with Crippen LogP contribution in [0, 0.1) is 0 Å². The Bertz CT molecular complexity index is 522. The first-order valence-electron chi connectivity index (χ1n) is 4.95. The van der Waals surface area contributed by atoms with Crippen LogP contribution < -0.4 is 0 Å². The molecule has 0 atom stereocenters. The van der Waals surface area contributed by atoms with Crippen LogP contribution in [-0.4, -0.2) is 4.98 Å². The van der Waals surface area contributed by atoms with E-state index in [-0.39, 0.29) is 0 Å². The summed E-state index contributed by atoms with van der Waals surface area (Å²) in [5.74, 6) is 0.583. The van der Waals surface area contributed by atoms with Gasteiger partial charge in [-0.05, 0) is 30.3 Å². The summed E-state index contributed by atoms with van der Waals surface area (Å²) in [7, 11) is 0. The van der Waals surface area contributed by atoms with E-state index in [0.717, 1.165) is 10.6 Å². The zero-order valence-corrected chi connectivity index (χ0v) is 12.8. The molecule has 2 rings (SSSR count). The Hall–Kier alpha value is -0.120. The van der Waals surface area contributed by atoms with E-state index in [1.54, 1.807) is 24.3 Å². The number of hydrogen-bond donors (Lipinski definition) is 0. The lowest BCUT2D eigenvalue weighted by Gasteiger charge is -2.06. The van der Waals surface area contributed by atoms with Crippen LogP contribution in [0.5, 0.6) is 0 Å². The van der Waals surface area contributed by atoms with Crippen molar-refractivity contribution in [2.45, 2.75) is 10.6 Å². The van der Waals surface area contributed by atoms with Crippen molar-refractivity contribution >= 4 is 58.2 Å². The summed E-state index contributed by atoms with van der Waals surface area (Å²) < 4.78 is 0. The van der Waals surface area contributed by atoms with E-state index >= 15 is 0 Å². The predicted molar refractivity (Wildman–Crippen MR) is 80.3 cm³/mol. The van der Waals surface area contributed by atoms with Crippen LogP contribution in [0.25, 0.3) is 0 Å². The maximum atomic E-state index is 6.07. The molecule has 18 heavy (non-hydrogen) atoms. The Labute approximate surface area is 129 Å². The van der Waals surface area contributed by atoms with Crippen molar-refractivity contribution in [3.63, 3.8) is 0 Å². The fourth-order valence-electron chi connectivity index (χ4n) is 1.29. The molecule has 2 aromatic rings. The summed E-state index contributed by atoms with van der Waals surface area (Å²) in [6, 6.07) is 8.71. The Kier molecular flexibility index (Phi) is 5.05. The van der Waals surface area contributed by atoms with Crippen LogP contribution in [0.1, 0.15) is 5.69 Å². The Morgan fingerprint density at radius 3 is 2.44 bits per heavy atom. The van der Waals surface area contributed by atoms with Gasteiger partial charge in [0, 0.05) is 15.7 Å². The highest BCUT2D eigenvalue weighted by molar-refractivity contribution is 7.98. The minimum atomic E-state index is 0.423. The van der Waals surface area contributed by atoms with E-state index in [9.17, 15) is 0 Å². The third-order valence-electron chi connectivity index (χ3n) is 2.14. The van der Waals surface area contributed by atoms with Crippen molar-refractivity contribution in [1.29, 1.82) is 0 Å². The van der Waals surface area contributed by atoms with Gasteiger partial charge in [-0.15, -0.1) is 11.8 Å². The molecule has 6 heteroatoms. The third kappa shape index (κ3) is 3.69. The van der Waals surface area contributed by atoms with Gasteiger partial charge >= 0.3 is 0 Å². The summed E-state index contributed by atoms with van der Waals surface area (Å²) in [5.41, 5.74) is 0.727. The van der Waals surface area contributed by atoms with Crippen molar-refractivity contribution in [3.05, 3.63) is 56.2 Å². The Balaban J connectivity index is 2.16. The number of thioether (sulfide) groups is 1. The van der Waals surface area contributed by atoms with Gasteiger partial charge in [0.05, 0.1) is 15.7 Å². The summed E-state index contributed by atoms with van der Waals surface area (Å²) in [5, 5.41) is 2.31. The number of rotatable bonds is 3. The van der Waals surface area contributed by atoms with E-state index in [4.69, 9.17) is 46.4 Å². The fourth-order valence-corrected chi connectivity index (χ4v) is 3.16. The number of halogens is 4. The van der Waals surface area contributed by atoms with E-state index in [1.165, 1.54) is 11.8 Å². The lowest BCUT2D eigenvalue weighted by molar-refractivity contribution is 1.17. The first kappa shape index (κ1) is 14.3. The van der Waals surface area contributed by atoms with Crippen LogP contribution in [0.4, 0.5) is 0 Å². The molecule has 0 N–H and O–H groups in total. The van der Waals surface area contributed by atoms with Crippen molar-refractivity contribution in [2.24, 2.45) is 0 Å². The highest BCUT2D eigenvalue weighted by atomic mass is 35.5. The van der Waals surface area contributed by atoms with E-state index in [2.05, 4.69) is 4.98 Å². The van der Waals surface area contributed by atoms with Crippen LogP contribution in [0.15, 0.2) is 35.2 Å². The minimum absolute atomic E-state index is 0.423. The topological polar surface area (TPSA) is 12.9 Å². The standard InChI is InChI=1S/C12H7Cl4NS/c13-7-1-2-9(15)11(5-7)18-6-10-8(14)3-4-12(16)17-10/h1-5H,6H2. The fraction of sp³-hybridized carbons (Fsp3) is 0.0833. The maximum absolute atomic E-state index is 6.07. The molecule has 0 aliphatic rings. The first-order chi connectivity index (χ1) is 8.56. The zero-order valence-electron chi connectivity index (χ0n) is 8.96. The van der Waals surface area contributed by atoms with Gasteiger partial charge in [-0.3, -0.25) is 0 Å². The van der Waals surface area contributed by atoms with Crippen molar-refractivity contribution < 1.29 is 0 Å². The van der Waals surface area contributed by atoms with Crippen LogP contribution in [0.2, 0.25) is 20.2 Å². The molecule has 1 aromatic carbocycles. The molecule has 0 bridgehead atoms. The quantitative estimate of drug-likeness (QED) is 0.503. The highest BCUT2D eigenvalue weighted by Crippen LogP contribution is 2.33. The van der Waals surface area contributed by atoms with Gasteiger partial charge in [0.2, 0.25) is 0 Å². The average Bonchev–Trinajstić information content (AvgIpc) is 2.34. The summed E-state index contributed by atoms with van der Waals surface area (Å²) in [6.45, 7) is 0. The van der Waals surface area contributed by atoms with Crippen LogP contribution in [-0.2, 0) is 5.75 Å². The lowest BCUT2D eigenvalue weighted by atomic mass is 10.4. The van der Waals surface area contributed by atoms with Crippen molar-refractivity contribution in [1.82, 2.24) is 4.98 Å². The van der Waals surface area contributed by atoms with Crippen LogP contribution >= 0.6 is 58.2 Å². The van der Waals surface area contributed by atoms with Gasteiger partial charge in [-0.25, -0.2) is 4.98 Å². The number of pyridine rings is 1. The van der Waals surface area contributed by atoms with Crippen LogP contribution in [0.3, 0.4) is 0 Å². The normalized spacial score (nSPS) is 10.7. The molecule has 0 fully saturated rings. The second kappa shape index (κ2) is 6.36. The SMILES string of the molecule is Clc1ccc(Cl)c(SCc2nc(Cl)ccc2Cl)c1. The molecule has 0 saturated carbocycles. The summed E-state index contributed by atoms with van der Waals surface area (Å²) in [4.78, 5) is 5.07. The molecule has 0 saturated heterocycles. The first-order valence-corrected chi connectivity index (χ1v) is 7.45. The zero-order chi connectivity index (χ0) is 13.1. The Morgan fingerprint density at radius 1 is 0.944 bits per heavy atom. The van der Waals surface area contributed by atoms with Gasteiger partial charge < -0.3 is 0 Å². The van der Waals surface area contributed by atoms with E-state index < -0.39 is 0 Å². The smallest absolute Gasteiger partial charge is 0.129 e. The predicted octanol–water partition coefficient (Wildman–Crippen LogP) is 5.99. The summed E-state index contributed by atoms with van der Waals surface area (Å²) >= 11 is 25.4. The number of nitrogens with zero attached hydrogens (tertiary/aromatic N) is 1. The minimum Gasteiger partial charge on any atom is -0.239 e. The molecule has 0 radical (unpaired) electrons. The van der Waals surface area contributed by atoms with Gasteiger partial charge in [0.15, 0.2) is 0 Å². The van der Waals surface area contributed by atoms with Gasteiger partial charge in [0.1, 0.15) is 5.15 Å². The molecular weight excluding hydrogens is 332 g/mol. The maximum Gasteiger partial charge on any atom is 0.129 e. The molecule has 1 aromatic heterocycles. The van der Waals surface area contributed by atoms with Gasteiger partial charge in [0.25, 0.3) is 0 Å². The Morgan fingerprint density at radius 2 is 1.67 bits per heavy atom. The second-order valence-electron chi connectivity index (χ2n) is 3.43. The molecule has 0 aliphatic carbocycles. The second-order valence-corrected chi connectivity index (χ2v) is 6.08. The van der Waals surface area contributed by atoms with Crippen molar-refractivity contribution in [3.8, 4) is 0 Å². The number of hydrogen-bond acceptors (Lipinski definition) is 2. The molecule has 0 spiro atoms. The molecule has 0 unspecified atom stereocenters. The lowest BCUT2D eigenvalue weighted by Crippen LogP contribution is -1.89. The van der Waals surface area contributed by atoms with E-state index in [0.29, 0.717) is 26.0 Å².